The van der Waals surface area contributed by atoms with Crippen molar-refractivity contribution < 1.29 is 68.1 Å². The first-order valence-corrected chi connectivity index (χ1v) is 31.9. The van der Waals surface area contributed by atoms with Gasteiger partial charge in [0.1, 0.15) is 24.4 Å². The lowest BCUT2D eigenvalue weighted by Crippen LogP contribution is -2.60. The minimum Gasteiger partial charge on any atom is -0.461 e. The maximum absolute atomic E-state index is 14.6. The Morgan fingerprint density at radius 2 is 1.58 bits per heavy atom. The summed E-state index contributed by atoms with van der Waals surface area (Å²) < 4.78 is 30.3. The first-order valence-electron chi connectivity index (χ1n) is 31.9. The number of methoxy groups -OCH3 is 3. The summed E-state index contributed by atoms with van der Waals surface area (Å²) >= 11 is 0. The first kappa shape index (κ1) is 68.8. The van der Waals surface area contributed by atoms with Crippen molar-refractivity contribution in [3.8, 4) is 0 Å². The molecule has 16 atom stereocenters. The number of hydrogen-bond donors (Lipinski definition) is 4. The molecule has 0 spiro atoms. The summed E-state index contributed by atoms with van der Waals surface area (Å²) in [7, 11) is 6.79. The number of rotatable bonds is 10. The van der Waals surface area contributed by atoms with Crippen LogP contribution >= 0.6 is 0 Å². The number of aromatic nitrogens is 2. The van der Waals surface area contributed by atoms with E-state index < -0.39 is 84.1 Å². The van der Waals surface area contributed by atoms with Crippen LogP contribution in [-0.2, 0) is 60.7 Å². The van der Waals surface area contributed by atoms with Crippen molar-refractivity contribution in [1.82, 2.24) is 24.7 Å². The number of allylic oxidation sites excluding steroid dienone is 3. The van der Waals surface area contributed by atoms with Crippen molar-refractivity contribution in [3.63, 3.8) is 0 Å². The summed E-state index contributed by atoms with van der Waals surface area (Å²) in [6.07, 6.45) is 11.0. The monoisotopic (exact) mass is 1210 g/mol. The number of nitrogens with zero attached hydrogens (tertiary/aromatic N) is 7. The quantitative estimate of drug-likeness (QED) is 0.0890. The molecule has 2 amide bonds. The van der Waals surface area contributed by atoms with Crippen LogP contribution in [0.4, 0.5) is 5.95 Å². The Morgan fingerprint density at radius 3 is 2.30 bits per heavy atom. The summed E-state index contributed by atoms with van der Waals surface area (Å²) in [6, 6.07) is -1.12. The number of amides is 2. The highest BCUT2D eigenvalue weighted by atomic mass is 16.6. The summed E-state index contributed by atoms with van der Waals surface area (Å²) in [4.78, 5) is 80.2. The third-order valence-electron chi connectivity index (χ3n) is 19.7. The number of piperidine rings is 1. The van der Waals surface area contributed by atoms with Gasteiger partial charge in [-0.3, -0.25) is 14.4 Å². The number of fused-ring (bicyclic) bond motifs is 4. The van der Waals surface area contributed by atoms with E-state index in [1.807, 2.05) is 39.1 Å². The fourth-order valence-electron chi connectivity index (χ4n) is 13.4. The lowest BCUT2D eigenvalue weighted by atomic mass is 9.81. The molecule has 6 heterocycles. The molecule has 21 nitrogen and oxygen atoms in total. The lowest BCUT2D eigenvalue weighted by Gasteiger charge is -2.42. The van der Waals surface area contributed by atoms with Crippen LogP contribution in [0.2, 0.25) is 0 Å². The van der Waals surface area contributed by atoms with Gasteiger partial charge in [-0.2, -0.15) is 0 Å². The summed E-state index contributed by atoms with van der Waals surface area (Å²) in [5, 5.41) is 51.7. The molecule has 0 aromatic carbocycles. The number of aliphatic hydroxyl groups is 4. The van der Waals surface area contributed by atoms with Crippen LogP contribution in [0.25, 0.3) is 0 Å². The van der Waals surface area contributed by atoms with Crippen LogP contribution in [0, 0.1) is 35.5 Å². The Balaban J connectivity index is 1.15. The van der Waals surface area contributed by atoms with Crippen molar-refractivity contribution in [3.05, 3.63) is 52.9 Å². The second-order valence-corrected chi connectivity index (χ2v) is 26.0. The van der Waals surface area contributed by atoms with Crippen LogP contribution in [0.3, 0.4) is 0 Å². The van der Waals surface area contributed by atoms with Crippen LogP contribution in [0.15, 0.2) is 46.8 Å². The second kappa shape index (κ2) is 32.2. The smallest absolute Gasteiger partial charge is 0.329 e. The molecule has 1 aromatic heterocycles. The van der Waals surface area contributed by atoms with E-state index in [-0.39, 0.29) is 61.7 Å². The number of carbonyl (C=O) groups is 4. The maximum atomic E-state index is 14.6. The number of piperazine rings is 1. The van der Waals surface area contributed by atoms with E-state index in [0.29, 0.717) is 95.0 Å². The number of hydrogen-bond acceptors (Lipinski definition) is 19. The Morgan fingerprint density at radius 1 is 0.826 bits per heavy atom. The molecule has 1 unspecified atom stereocenters. The summed E-state index contributed by atoms with van der Waals surface area (Å²) in [5.41, 5.74) is 3.66. The van der Waals surface area contributed by atoms with Crippen molar-refractivity contribution >= 4 is 35.2 Å². The van der Waals surface area contributed by atoms with Crippen LogP contribution in [0.5, 0.6) is 0 Å². The van der Waals surface area contributed by atoms with E-state index >= 15 is 0 Å². The number of ketones is 1. The molecule has 5 aliphatic heterocycles. The van der Waals surface area contributed by atoms with Gasteiger partial charge in [0.05, 0.1) is 41.9 Å². The molecule has 0 radical (unpaired) electrons. The van der Waals surface area contributed by atoms with Gasteiger partial charge in [0.15, 0.2) is 6.61 Å². The van der Waals surface area contributed by atoms with Gasteiger partial charge in [0.25, 0.3) is 17.6 Å². The number of anilines is 1. The zero-order valence-corrected chi connectivity index (χ0v) is 53.3. The Kier molecular flexibility index (Phi) is 25.7. The third kappa shape index (κ3) is 17.8. The highest BCUT2D eigenvalue weighted by molar-refractivity contribution is 6.39. The fourth-order valence-corrected chi connectivity index (χ4v) is 13.4. The van der Waals surface area contributed by atoms with Crippen molar-refractivity contribution in [2.45, 2.75) is 212 Å². The minimum absolute atomic E-state index is 0.0108. The topological polar surface area (TPSA) is 256 Å². The van der Waals surface area contributed by atoms with Crippen molar-refractivity contribution in [2.24, 2.45) is 40.7 Å². The van der Waals surface area contributed by atoms with Gasteiger partial charge in [0, 0.05) is 116 Å². The average molecular weight is 1210 g/mol. The molecule has 4 N–H and O–H groups in total. The molecule has 7 rings (SSSR count). The number of carbonyl (C=O) groups excluding carboxylic acids is 4. The molecular weight excluding hydrogens is 1100 g/mol. The number of ether oxygens (including phenoxy) is 5. The zero-order valence-electron chi connectivity index (χ0n) is 53.3. The number of aliphatic hydroxyl groups excluding tert-OH is 3. The number of Topliss-reactive ketones (excluding diaryl/α,β-unsaturated/α-hetero) is 1. The second-order valence-electron chi connectivity index (χ2n) is 26.0. The molecule has 6 aliphatic rings. The normalized spacial score (nSPS) is 37.1. The zero-order chi connectivity index (χ0) is 62.4. The predicted octanol–water partition coefficient (Wildman–Crippen LogP) is 6.13. The van der Waals surface area contributed by atoms with E-state index in [1.165, 1.54) is 12.0 Å². The molecule has 86 heavy (non-hydrogen) atoms. The summed E-state index contributed by atoms with van der Waals surface area (Å²) in [5.74, 6) is -5.88. The van der Waals surface area contributed by atoms with Gasteiger partial charge in [-0.1, -0.05) is 64.1 Å². The summed E-state index contributed by atoms with van der Waals surface area (Å²) in [6.45, 7) is 17.8. The molecule has 21 heteroatoms. The maximum Gasteiger partial charge on any atom is 0.329 e. The Labute approximate surface area is 510 Å². The third-order valence-corrected chi connectivity index (χ3v) is 19.7. The SMILES string of the molecule is CO[C@H]1C[C@@H]2CC[C@@H](C)[C@@](O)(O2)C(=O)C(=O)N2CCCC[C@H]2C(=O)O[C@H](CC[C@@H]2CC[C@@H](O)[C@H](OC)C2)C[C@@H](O)[C@H](C)/C=C(\C)[C@@H](O)[C@@H](OC)/C(=N/OCC(=O)N2CCc3nc(N4CCN(C)CC4)ncc3C2)[C@H](C)C[C@H](C)C(C)C/C=C/C=C/1C. The van der Waals surface area contributed by atoms with Gasteiger partial charge in [0.2, 0.25) is 11.7 Å². The number of likely N-dealkylation sites (N-methyl/N-ethyl adjacent to an activating group) is 1. The molecule has 3 saturated heterocycles. The van der Waals surface area contributed by atoms with Gasteiger partial charge in [-0.25, -0.2) is 14.8 Å². The van der Waals surface area contributed by atoms with E-state index in [4.69, 9.17) is 33.5 Å². The lowest BCUT2D eigenvalue weighted by molar-refractivity contribution is -0.265. The number of esters is 1. The fraction of sp³-hybridized carbons (Fsp3) is 0.769. The van der Waals surface area contributed by atoms with Crippen molar-refractivity contribution in [2.75, 3.05) is 79.2 Å². The molecule has 1 saturated carbocycles. The molecule has 2 bridgehead atoms. The van der Waals surface area contributed by atoms with E-state index in [2.05, 4.69) is 46.9 Å². The van der Waals surface area contributed by atoms with Gasteiger partial charge in [-0.15, -0.1) is 0 Å². The van der Waals surface area contributed by atoms with Crippen LogP contribution < -0.4 is 4.90 Å². The Bertz CT molecular complexity index is 2540. The van der Waals surface area contributed by atoms with Crippen molar-refractivity contribution in [1.29, 1.82) is 0 Å². The van der Waals surface area contributed by atoms with E-state index in [9.17, 15) is 39.6 Å². The van der Waals surface area contributed by atoms with Gasteiger partial charge < -0.3 is 68.5 Å². The largest absolute Gasteiger partial charge is 0.461 e. The van der Waals surface area contributed by atoms with E-state index in [1.54, 1.807) is 39.0 Å². The molecule has 1 aliphatic carbocycles. The molecule has 4 fully saturated rings. The number of cyclic esters (lactones) is 1. The Hall–Kier alpha value is -4.71. The number of oxime groups is 1. The van der Waals surface area contributed by atoms with Gasteiger partial charge >= 0.3 is 5.97 Å². The highest BCUT2D eigenvalue weighted by Gasteiger charge is 2.53. The van der Waals surface area contributed by atoms with Crippen LogP contribution in [-0.4, -0.2) is 209 Å². The highest BCUT2D eigenvalue weighted by Crippen LogP contribution is 2.38. The minimum atomic E-state index is -2.43. The molecule has 1 aromatic rings. The van der Waals surface area contributed by atoms with Crippen LogP contribution in [0.1, 0.15) is 150 Å². The molecule has 482 valence electrons. The van der Waals surface area contributed by atoms with E-state index in [0.717, 1.165) is 61.8 Å². The molecular formula is C65H103N7O14. The van der Waals surface area contributed by atoms with Gasteiger partial charge in [-0.05, 0) is 127 Å². The average Bonchev–Trinajstić information content (AvgIpc) is 0.986. The first-order chi connectivity index (χ1) is 41.0. The predicted molar refractivity (Wildman–Crippen MR) is 325 cm³/mol. The standard InChI is InChI=1S/C65H103N7O14/c1-40-16-12-13-17-41(2)55(81-9)36-50-22-19-46(7)65(80,86-50)61(77)62(78)72-26-15-14-18-52(72)63(79)85-49(23-20-47-21-24-53(73)56(34-47)82-10)35-54(74)43(4)33-45(6)59(76)60(83-11)58(44(5)32-42(40)3)68-84-39-57(75)71-27-25-51-48(38-71)37-66-64(67-51)70-30-28-69(8)29-31-70/h12-13,17,33,37,40,42-44,46-47,49-50,52-56,59-60,73-74,76,80H,14-16,18-32,34-36,38-39H2,1-11H3/b13-12+,41-17+,45-33+,68-58+/t40?,42-,43+,44+,46+,47+,49+,50-,52-,53+,54+,55-,56+,59+,60-,65+/m0/s1.